The number of hydrogen-bond acceptors (Lipinski definition) is 3. The topological polar surface area (TPSA) is 71.0 Å². The number of rotatable bonds is 4. The lowest BCUT2D eigenvalue weighted by molar-refractivity contribution is 0.261. The highest BCUT2D eigenvalue weighted by Gasteiger charge is 2.27. The van der Waals surface area contributed by atoms with Gasteiger partial charge in [0.1, 0.15) is 5.82 Å². The van der Waals surface area contributed by atoms with Crippen LogP contribution in [0.15, 0.2) is 36.8 Å². The summed E-state index contributed by atoms with van der Waals surface area (Å²) in [5.74, 6) is -0.125. The maximum absolute atomic E-state index is 13.4. The predicted molar refractivity (Wildman–Crippen MR) is 98.8 cm³/mol. The first-order valence-corrected chi connectivity index (χ1v) is 10.4. The van der Waals surface area contributed by atoms with Gasteiger partial charge in [0, 0.05) is 47.5 Å². The van der Waals surface area contributed by atoms with Crippen molar-refractivity contribution in [3.8, 4) is 11.1 Å². The third kappa shape index (κ3) is 3.03. The van der Waals surface area contributed by atoms with E-state index >= 15 is 0 Å². The molecule has 0 aliphatic carbocycles. The van der Waals surface area contributed by atoms with Crippen molar-refractivity contribution in [3.63, 3.8) is 0 Å². The van der Waals surface area contributed by atoms with E-state index in [-0.39, 0.29) is 17.6 Å². The minimum atomic E-state index is -3.12. The Morgan fingerprint density at radius 1 is 1.31 bits per heavy atom. The standard InChI is InChI=1S/C18H21FN4O2S/c1-2-26(24,25)22-7-5-15(6-8-22)23-12-13(10-21-23)17-11-20-18-9-14(19)3-4-16(17)18/h3-4,9-12,15,20H,2,5-8H2,1H3. The number of piperidine rings is 1. The summed E-state index contributed by atoms with van der Waals surface area (Å²) in [4.78, 5) is 3.09. The quantitative estimate of drug-likeness (QED) is 0.760. The Bertz CT molecular complexity index is 1030. The fourth-order valence-corrected chi connectivity index (χ4v) is 4.71. The van der Waals surface area contributed by atoms with E-state index in [9.17, 15) is 12.8 Å². The molecule has 2 aromatic heterocycles. The highest BCUT2D eigenvalue weighted by Crippen LogP contribution is 2.31. The number of hydrogen-bond donors (Lipinski definition) is 1. The summed E-state index contributed by atoms with van der Waals surface area (Å²) in [6.45, 7) is 2.74. The van der Waals surface area contributed by atoms with Gasteiger partial charge in [0.2, 0.25) is 10.0 Å². The van der Waals surface area contributed by atoms with E-state index in [1.54, 1.807) is 23.5 Å². The molecule has 1 aliphatic heterocycles. The summed E-state index contributed by atoms with van der Waals surface area (Å²) in [5.41, 5.74) is 2.70. The minimum Gasteiger partial charge on any atom is -0.360 e. The molecule has 26 heavy (non-hydrogen) atoms. The zero-order valence-corrected chi connectivity index (χ0v) is 15.3. The Hall–Kier alpha value is -2.19. The molecule has 6 nitrogen and oxygen atoms in total. The molecule has 0 saturated carbocycles. The molecule has 0 unspecified atom stereocenters. The monoisotopic (exact) mass is 376 g/mol. The molecule has 0 bridgehead atoms. The van der Waals surface area contributed by atoms with Crippen LogP contribution in [0.4, 0.5) is 4.39 Å². The van der Waals surface area contributed by atoms with E-state index in [1.807, 2.05) is 17.1 Å². The fourth-order valence-electron chi connectivity index (χ4n) is 3.58. The molecule has 1 N–H and O–H groups in total. The summed E-state index contributed by atoms with van der Waals surface area (Å²) in [6, 6.07) is 4.89. The van der Waals surface area contributed by atoms with Gasteiger partial charge in [-0.1, -0.05) is 0 Å². The van der Waals surface area contributed by atoms with Crippen LogP contribution in [0.25, 0.3) is 22.0 Å². The van der Waals surface area contributed by atoms with E-state index < -0.39 is 10.0 Å². The van der Waals surface area contributed by atoms with E-state index in [4.69, 9.17) is 0 Å². The van der Waals surface area contributed by atoms with Gasteiger partial charge in [0.05, 0.1) is 18.0 Å². The first-order valence-electron chi connectivity index (χ1n) is 8.77. The van der Waals surface area contributed by atoms with Gasteiger partial charge in [-0.2, -0.15) is 5.10 Å². The highest BCUT2D eigenvalue weighted by molar-refractivity contribution is 7.89. The summed E-state index contributed by atoms with van der Waals surface area (Å²) in [6.07, 6.45) is 7.16. The molecular weight excluding hydrogens is 355 g/mol. The van der Waals surface area contributed by atoms with Crippen LogP contribution >= 0.6 is 0 Å². The van der Waals surface area contributed by atoms with Crippen molar-refractivity contribution in [1.29, 1.82) is 0 Å². The first-order chi connectivity index (χ1) is 12.5. The number of sulfonamides is 1. The van der Waals surface area contributed by atoms with Crippen LogP contribution in [0.2, 0.25) is 0 Å². The van der Waals surface area contributed by atoms with Gasteiger partial charge < -0.3 is 4.98 Å². The number of aromatic amines is 1. The Morgan fingerprint density at radius 2 is 2.08 bits per heavy atom. The molecule has 3 heterocycles. The molecule has 1 aliphatic rings. The molecule has 0 radical (unpaired) electrons. The first kappa shape index (κ1) is 17.2. The van der Waals surface area contributed by atoms with Crippen LogP contribution in [0, 0.1) is 5.82 Å². The van der Waals surface area contributed by atoms with Crippen molar-refractivity contribution < 1.29 is 12.8 Å². The summed E-state index contributed by atoms with van der Waals surface area (Å²) in [7, 11) is -3.12. The maximum atomic E-state index is 13.4. The highest BCUT2D eigenvalue weighted by atomic mass is 32.2. The number of nitrogens with zero attached hydrogens (tertiary/aromatic N) is 3. The molecule has 0 atom stereocenters. The molecule has 8 heteroatoms. The molecule has 1 fully saturated rings. The van der Waals surface area contributed by atoms with E-state index in [0.717, 1.165) is 34.9 Å². The molecule has 1 saturated heterocycles. The van der Waals surface area contributed by atoms with Crippen LogP contribution in [0.1, 0.15) is 25.8 Å². The average molecular weight is 376 g/mol. The van der Waals surface area contributed by atoms with Crippen LogP contribution in [-0.4, -0.2) is 46.3 Å². The zero-order chi connectivity index (χ0) is 18.3. The Labute approximate surface area is 151 Å². The minimum absolute atomic E-state index is 0.144. The van der Waals surface area contributed by atoms with Crippen molar-refractivity contribution in [3.05, 3.63) is 42.6 Å². The number of benzene rings is 1. The van der Waals surface area contributed by atoms with Gasteiger partial charge in [-0.25, -0.2) is 17.1 Å². The van der Waals surface area contributed by atoms with Crippen LogP contribution in [0.3, 0.4) is 0 Å². The second kappa shape index (κ2) is 6.51. The van der Waals surface area contributed by atoms with Crippen molar-refractivity contribution in [2.45, 2.75) is 25.8 Å². The van der Waals surface area contributed by atoms with Crippen LogP contribution in [0.5, 0.6) is 0 Å². The number of H-pyrrole nitrogens is 1. The summed E-state index contributed by atoms with van der Waals surface area (Å²) >= 11 is 0. The second-order valence-corrected chi connectivity index (χ2v) is 8.89. The molecule has 4 rings (SSSR count). The van der Waals surface area contributed by atoms with Crippen molar-refractivity contribution in [1.82, 2.24) is 19.1 Å². The van der Waals surface area contributed by atoms with Crippen LogP contribution in [-0.2, 0) is 10.0 Å². The lowest BCUT2D eigenvalue weighted by Gasteiger charge is -2.31. The lowest BCUT2D eigenvalue weighted by Crippen LogP contribution is -2.39. The van der Waals surface area contributed by atoms with Gasteiger partial charge in [0.25, 0.3) is 0 Å². The predicted octanol–water partition coefficient (Wildman–Crippen LogP) is 3.16. The van der Waals surface area contributed by atoms with Gasteiger partial charge in [-0.05, 0) is 38.0 Å². The van der Waals surface area contributed by atoms with Gasteiger partial charge >= 0.3 is 0 Å². The molecule has 138 valence electrons. The lowest BCUT2D eigenvalue weighted by atomic mass is 10.1. The second-order valence-electron chi connectivity index (χ2n) is 6.63. The maximum Gasteiger partial charge on any atom is 0.213 e. The van der Waals surface area contributed by atoms with Gasteiger partial charge in [-0.15, -0.1) is 0 Å². The molecular formula is C18H21FN4O2S. The molecule has 0 amide bonds. The summed E-state index contributed by atoms with van der Waals surface area (Å²) < 4.78 is 40.8. The zero-order valence-electron chi connectivity index (χ0n) is 14.5. The van der Waals surface area contributed by atoms with E-state index in [2.05, 4.69) is 10.1 Å². The largest absolute Gasteiger partial charge is 0.360 e. The third-order valence-electron chi connectivity index (χ3n) is 5.11. The average Bonchev–Trinajstić information content (AvgIpc) is 3.28. The van der Waals surface area contributed by atoms with Crippen molar-refractivity contribution in [2.24, 2.45) is 0 Å². The van der Waals surface area contributed by atoms with Gasteiger partial charge in [0.15, 0.2) is 0 Å². The Balaban J connectivity index is 1.54. The molecule has 0 spiro atoms. The normalized spacial score (nSPS) is 17.2. The van der Waals surface area contributed by atoms with E-state index in [1.165, 1.54) is 12.1 Å². The van der Waals surface area contributed by atoms with Gasteiger partial charge in [-0.3, -0.25) is 4.68 Å². The number of nitrogens with one attached hydrogen (secondary N) is 1. The van der Waals surface area contributed by atoms with E-state index in [0.29, 0.717) is 13.1 Å². The fraction of sp³-hybridized carbons (Fsp3) is 0.389. The third-order valence-corrected chi connectivity index (χ3v) is 6.99. The number of halogens is 1. The van der Waals surface area contributed by atoms with Crippen molar-refractivity contribution >= 4 is 20.9 Å². The Kier molecular flexibility index (Phi) is 4.32. The smallest absolute Gasteiger partial charge is 0.213 e. The Morgan fingerprint density at radius 3 is 2.81 bits per heavy atom. The molecule has 3 aromatic rings. The molecule has 1 aromatic carbocycles. The SMILES string of the molecule is CCS(=O)(=O)N1CCC(n2cc(-c3c[nH]c4cc(F)ccc34)cn2)CC1. The van der Waals surface area contributed by atoms with Crippen LogP contribution < -0.4 is 0 Å². The number of fused-ring (bicyclic) bond motifs is 1. The summed E-state index contributed by atoms with van der Waals surface area (Å²) in [5, 5.41) is 5.44. The number of aromatic nitrogens is 3. The van der Waals surface area contributed by atoms with Crippen molar-refractivity contribution in [2.75, 3.05) is 18.8 Å².